The highest BCUT2D eigenvalue weighted by Gasteiger charge is 2.36. The topological polar surface area (TPSA) is 59.2 Å². The Hall–Kier alpha value is -2.07. The molecule has 1 saturated heterocycles. The third-order valence-corrected chi connectivity index (χ3v) is 6.47. The van der Waals surface area contributed by atoms with Crippen LogP contribution in [0.15, 0.2) is 36.7 Å². The molecule has 5 heteroatoms. The Balaban J connectivity index is 1.54. The lowest BCUT2D eigenvalue weighted by molar-refractivity contribution is -0.133. The van der Waals surface area contributed by atoms with Gasteiger partial charge in [-0.1, -0.05) is 43.0 Å². The van der Waals surface area contributed by atoms with E-state index in [9.17, 15) is 4.79 Å². The van der Waals surface area contributed by atoms with Crippen LogP contribution in [-0.4, -0.2) is 28.4 Å². The second kappa shape index (κ2) is 7.89. The van der Waals surface area contributed by atoms with Crippen molar-refractivity contribution in [2.24, 2.45) is 5.92 Å². The smallest absolute Gasteiger partial charge is 0.226 e. The predicted molar refractivity (Wildman–Crippen MR) is 109 cm³/mol. The molecule has 1 aromatic heterocycles. The largest absolute Gasteiger partial charge is 0.398 e. The van der Waals surface area contributed by atoms with E-state index in [1.54, 1.807) is 12.4 Å². The summed E-state index contributed by atoms with van der Waals surface area (Å²) in [5.41, 5.74) is 9.54. The number of amides is 1. The lowest BCUT2D eigenvalue weighted by Crippen LogP contribution is -2.39. The number of nitrogens with zero attached hydrogens (tertiary/aromatic N) is 2. The number of nitrogens with two attached hydrogens (primary N) is 1. The highest BCUT2D eigenvalue weighted by Crippen LogP contribution is 2.38. The molecule has 2 N–H and O–H groups in total. The molecule has 1 aromatic carbocycles. The highest BCUT2D eigenvalue weighted by molar-refractivity contribution is 6.34. The molecule has 0 radical (unpaired) electrons. The third-order valence-electron chi connectivity index (χ3n) is 6.04. The number of benzene rings is 1. The molecule has 4 rings (SSSR count). The molecule has 4 nitrogen and oxygen atoms in total. The minimum absolute atomic E-state index is 0.0230. The van der Waals surface area contributed by atoms with Crippen molar-refractivity contribution >= 4 is 23.2 Å². The molecule has 142 valence electrons. The van der Waals surface area contributed by atoms with Gasteiger partial charge in [0.15, 0.2) is 0 Å². The van der Waals surface area contributed by atoms with Gasteiger partial charge in [-0.25, -0.2) is 0 Å². The number of pyridine rings is 1. The van der Waals surface area contributed by atoms with Gasteiger partial charge < -0.3 is 10.6 Å². The molecule has 1 aliphatic heterocycles. The number of carbonyl (C=O) groups excluding carboxylic acids is 1. The van der Waals surface area contributed by atoms with Crippen molar-refractivity contribution in [3.63, 3.8) is 0 Å². The Morgan fingerprint density at radius 1 is 1.15 bits per heavy atom. The van der Waals surface area contributed by atoms with Crippen LogP contribution in [0.5, 0.6) is 0 Å². The van der Waals surface area contributed by atoms with Crippen molar-refractivity contribution in [1.29, 1.82) is 0 Å². The number of halogens is 1. The van der Waals surface area contributed by atoms with Crippen LogP contribution in [-0.2, 0) is 11.2 Å². The third kappa shape index (κ3) is 3.68. The monoisotopic (exact) mass is 383 g/mol. The average Bonchev–Trinajstić information content (AvgIpc) is 3.06. The first kappa shape index (κ1) is 18.3. The molecule has 2 heterocycles. The molecule has 1 atom stereocenters. The van der Waals surface area contributed by atoms with Gasteiger partial charge in [-0.2, -0.15) is 0 Å². The van der Waals surface area contributed by atoms with Crippen LogP contribution in [0, 0.1) is 5.92 Å². The molecule has 1 unspecified atom stereocenters. The normalized spacial score (nSPS) is 21.0. The second-order valence-corrected chi connectivity index (χ2v) is 8.14. The average molecular weight is 384 g/mol. The van der Waals surface area contributed by atoms with E-state index in [0.717, 1.165) is 42.5 Å². The summed E-state index contributed by atoms with van der Waals surface area (Å²) in [5.74, 6) is 0.326. The fourth-order valence-corrected chi connectivity index (χ4v) is 4.93. The van der Waals surface area contributed by atoms with Crippen molar-refractivity contribution in [1.82, 2.24) is 9.88 Å². The zero-order valence-electron chi connectivity index (χ0n) is 15.5. The molecular weight excluding hydrogens is 358 g/mol. The van der Waals surface area contributed by atoms with E-state index < -0.39 is 0 Å². The van der Waals surface area contributed by atoms with Crippen molar-refractivity contribution in [3.05, 3.63) is 47.2 Å². The number of anilines is 1. The standard InChI is InChI=1S/C22H26ClN3O/c23-21-15(8-9-19(24)20(21)17-5-4-11-25-14-17)13-16-10-12-26(22(16)27)18-6-2-1-3-7-18/h4-5,8-9,11,14,16,18H,1-3,6-7,10,12-13,24H2. The van der Waals surface area contributed by atoms with Gasteiger partial charge in [-0.05, 0) is 43.4 Å². The Morgan fingerprint density at radius 2 is 1.96 bits per heavy atom. The first-order valence-electron chi connectivity index (χ1n) is 9.93. The SMILES string of the molecule is Nc1ccc(CC2CCN(C3CCCCC3)C2=O)c(Cl)c1-c1cccnc1. The Kier molecular flexibility index (Phi) is 5.35. The van der Waals surface area contributed by atoms with Crippen molar-refractivity contribution < 1.29 is 4.79 Å². The van der Waals surface area contributed by atoms with Gasteiger partial charge in [0.05, 0.1) is 5.02 Å². The van der Waals surface area contributed by atoms with Gasteiger partial charge in [0.2, 0.25) is 5.91 Å². The zero-order chi connectivity index (χ0) is 18.8. The number of aromatic nitrogens is 1. The maximum Gasteiger partial charge on any atom is 0.226 e. The van der Waals surface area contributed by atoms with Crippen LogP contribution in [0.2, 0.25) is 5.02 Å². The highest BCUT2D eigenvalue weighted by atomic mass is 35.5. The quantitative estimate of drug-likeness (QED) is 0.778. The van der Waals surface area contributed by atoms with Gasteiger partial charge in [0.1, 0.15) is 0 Å². The van der Waals surface area contributed by atoms with E-state index in [1.165, 1.54) is 19.3 Å². The molecule has 2 aliphatic rings. The number of rotatable bonds is 4. The van der Waals surface area contributed by atoms with E-state index in [4.69, 9.17) is 17.3 Å². The molecular formula is C22H26ClN3O. The van der Waals surface area contributed by atoms with E-state index in [2.05, 4.69) is 9.88 Å². The number of likely N-dealkylation sites (tertiary alicyclic amines) is 1. The molecule has 1 aliphatic carbocycles. The molecule has 2 aromatic rings. The lowest BCUT2D eigenvalue weighted by atomic mass is 9.93. The summed E-state index contributed by atoms with van der Waals surface area (Å²) in [6, 6.07) is 8.14. The van der Waals surface area contributed by atoms with Crippen LogP contribution in [0.3, 0.4) is 0 Å². The summed E-state index contributed by atoms with van der Waals surface area (Å²) >= 11 is 6.73. The lowest BCUT2D eigenvalue weighted by Gasteiger charge is -2.31. The Morgan fingerprint density at radius 3 is 2.70 bits per heavy atom. The maximum absolute atomic E-state index is 13.0. The van der Waals surface area contributed by atoms with Gasteiger partial charge in [-0.15, -0.1) is 0 Å². The van der Waals surface area contributed by atoms with E-state index in [0.29, 0.717) is 29.1 Å². The summed E-state index contributed by atoms with van der Waals surface area (Å²) in [4.78, 5) is 19.3. The van der Waals surface area contributed by atoms with Crippen molar-refractivity contribution in [3.8, 4) is 11.1 Å². The molecule has 0 spiro atoms. The number of carbonyl (C=O) groups is 1. The number of hydrogen-bond donors (Lipinski definition) is 1. The molecule has 2 fully saturated rings. The van der Waals surface area contributed by atoms with Crippen LogP contribution < -0.4 is 5.73 Å². The minimum atomic E-state index is 0.0230. The molecule has 1 saturated carbocycles. The summed E-state index contributed by atoms with van der Waals surface area (Å²) in [6.45, 7) is 0.885. The van der Waals surface area contributed by atoms with Gasteiger partial charge in [0.25, 0.3) is 0 Å². The first-order valence-corrected chi connectivity index (χ1v) is 10.3. The summed E-state index contributed by atoms with van der Waals surface area (Å²) in [6.07, 6.45) is 11.2. The van der Waals surface area contributed by atoms with Crippen LogP contribution in [0.4, 0.5) is 5.69 Å². The van der Waals surface area contributed by atoms with Crippen molar-refractivity contribution in [2.45, 2.75) is 51.0 Å². The molecule has 27 heavy (non-hydrogen) atoms. The maximum atomic E-state index is 13.0. The Labute approximate surface area is 165 Å². The van der Waals surface area contributed by atoms with E-state index in [-0.39, 0.29) is 5.92 Å². The van der Waals surface area contributed by atoms with E-state index in [1.807, 2.05) is 24.3 Å². The Bertz CT molecular complexity index is 818. The summed E-state index contributed by atoms with van der Waals surface area (Å²) in [7, 11) is 0. The van der Waals surface area contributed by atoms with Gasteiger partial charge >= 0.3 is 0 Å². The fraction of sp³-hybridized carbons (Fsp3) is 0.455. The van der Waals surface area contributed by atoms with Gasteiger partial charge in [-0.3, -0.25) is 9.78 Å². The van der Waals surface area contributed by atoms with Crippen LogP contribution in [0.1, 0.15) is 44.1 Å². The van der Waals surface area contributed by atoms with Gasteiger partial charge in [0, 0.05) is 47.7 Å². The predicted octanol–water partition coefficient (Wildman–Crippen LogP) is 4.71. The van der Waals surface area contributed by atoms with E-state index >= 15 is 0 Å². The van der Waals surface area contributed by atoms with Crippen LogP contribution >= 0.6 is 11.6 Å². The number of hydrogen-bond acceptors (Lipinski definition) is 3. The van der Waals surface area contributed by atoms with Crippen LogP contribution in [0.25, 0.3) is 11.1 Å². The number of nitrogen functional groups attached to an aromatic ring is 1. The minimum Gasteiger partial charge on any atom is -0.398 e. The summed E-state index contributed by atoms with van der Waals surface area (Å²) < 4.78 is 0. The first-order chi connectivity index (χ1) is 13.1. The molecule has 1 amide bonds. The summed E-state index contributed by atoms with van der Waals surface area (Å²) in [5, 5.41) is 0.645. The van der Waals surface area contributed by atoms with Crippen molar-refractivity contribution in [2.75, 3.05) is 12.3 Å². The fourth-order valence-electron chi connectivity index (χ4n) is 4.57. The second-order valence-electron chi connectivity index (χ2n) is 7.76. The molecule has 0 bridgehead atoms. The zero-order valence-corrected chi connectivity index (χ0v) is 16.3.